The zero-order valence-corrected chi connectivity index (χ0v) is 49.0. The van der Waals surface area contributed by atoms with Crippen molar-refractivity contribution in [3.63, 3.8) is 0 Å². The van der Waals surface area contributed by atoms with Crippen LogP contribution in [0.4, 0.5) is 0 Å². The van der Waals surface area contributed by atoms with Crippen LogP contribution in [0.2, 0.25) is 0 Å². The molecule has 5 heterocycles. The molecule has 84 heavy (non-hydrogen) atoms. The minimum absolute atomic E-state index is 0.00411. The number of fused-ring (bicyclic) bond motifs is 13. The van der Waals surface area contributed by atoms with Crippen molar-refractivity contribution in [3.8, 4) is 84.3 Å². The van der Waals surface area contributed by atoms with Crippen LogP contribution in [0.1, 0.15) is 79.0 Å². The van der Waals surface area contributed by atoms with Crippen LogP contribution in [0.3, 0.4) is 0 Å². The first kappa shape index (κ1) is 51.1. The zero-order chi connectivity index (χ0) is 57.4. The van der Waals surface area contributed by atoms with Gasteiger partial charge in [-0.05, 0) is 161 Å². The molecule has 14 aromatic rings. The maximum absolute atomic E-state index is 7.03. The van der Waals surface area contributed by atoms with E-state index < -0.39 is 0 Å². The molecule has 10 aromatic carbocycles. The predicted molar refractivity (Wildman–Crippen MR) is 346 cm³/mol. The Kier molecular flexibility index (Phi) is 11.5. The van der Waals surface area contributed by atoms with Crippen LogP contribution < -0.4 is 9.30 Å². The lowest BCUT2D eigenvalue weighted by Crippen LogP contribution is -2.32. The van der Waals surface area contributed by atoms with Crippen LogP contribution >= 0.6 is 0 Å². The molecule has 1 aliphatic rings. The van der Waals surface area contributed by atoms with E-state index in [-0.39, 0.29) is 16.2 Å². The second-order valence-electron chi connectivity index (χ2n) is 25.8. The van der Waals surface area contributed by atoms with Crippen molar-refractivity contribution in [2.24, 2.45) is 0 Å². The van der Waals surface area contributed by atoms with E-state index >= 15 is 0 Å². The fourth-order valence-electron chi connectivity index (χ4n) is 12.7. The Hall–Kier alpha value is -9.78. The Balaban J connectivity index is 0.991. The van der Waals surface area contributed by atoms with Crippen molar-refractivity contribution in [3.05, 3.63) is 248 Å². The highest BCUT2D eigenvalue weighted by Crippen LogP contribution is 2.49. The maximum atomic E-state index is 7.03. The Bertz CT molecular complexity index is 4990. The van der Waals surface area contributed by atoms with E-state index in [0.29, 0.717) is 5.75 Å². The van der Waals surface area contributed by atoms with Gasteiger partial charge in [-0.15, -0.1) is 0 Å². The molecule has 408 valence electrons. The molecule has 1 aliphatic heterocycles. The summed E-state index contributed by atoms with van der Waals surface area (Å²) in [6.45, 7) is 20.5. The molecule has 0 fully saturated rings. The number of hydrogen-bond donors (Lipinski definition) is 0. The summed E-state index contributed by atoms with van der Waals surface area (Å²) in [6.07, 6.45) is 6.05. The lowest BCUT2D eigenvalue weighted by atomic mass is 9.81. The van der Waals surface area contributed by atoms with Gasteiger partial charge in [0.05, 0.1) is 33.4 Å². The minimum atomic E-state index is -0.192. The minimum Gasteiger partial charge on any atom is -0.458 e. The Morgan fingerprint density at radius 1 is 0.405 bits per heavy atom. The largest absolute Gasteiger partial charge is 0.458 e. The van der Waals surface area contributed by atoms with E-state index in [1.54, 1.807) is 0 Å². The monoisotopic (exact) mass is 1090 g/mol. The summed E-state index contributed by atoms with van der Waals surface area (Å²) in [5.74, 6) is 2.30. The first-order valence-electron chi connectivity index (χ1n) is 29.2. The van der Waals surface area contributed by atoms with E-state index in [0.717, 1.165) is 122 Å². The van der Waals surface area contributed by atoms with Crippen molar-refractivity contribution in [1.82, 2.24) is 14.1 Å². The highest BCUT2D eigenvalue weighted by Gasteiger charge is 2.30. The molecule has 0 bridgehead atoms. The molecular weight excluding hydrogens is 1020 g/mol. The van der Waals surface area contributed by atoms with E-state index in [9.17, 15) is 0 Å². The summed E-state index contributed by atoms with van der Waals surface area (Å²) in [7, 11) is 0. The average Bonchev–Trinajstić information content (AvgIpc) is 1.95. The van der Waals surface area contributed by atoms with Crippen molar-refractivity contribution in [2.75, 3.05) is 0 Å². The van der Waals surface area contributed by atoms with Gasteiger partial charge in [0.2, 0.25) is 0 Å². The fraction of sp³-hybridized carbons (Fsp3) is 0.154. The quantitative estimate of drug-likeness (QED) is 0.123. The normalized spacial score (nSPS) is 12.6. The molecule has 0 aliphatic carbocycles. The number of aromatic nitrogens is 4. The molecule has 0 saturated heterocycles. The fourth-order valence-corrected chi connectivity index (χ4v) is 12.7. The lowest BCUT2D eigenvalue weighted by Gasteiger charge is -2.26. The number of imidazole rings is 1. The molecule has 0 amide bonds. The van der Waals surface area contributed by atoms with Crippen molar-refractivity contribution in [2.45, 2.75) is 78.6 Å². The molecule has 6 heteroatoms. The summed E-state index contributed by atoms with van der Waals surface area (Å²) >= 11 is 0. The maximum Gasteiger partial charge on any atom is 0.269 e. The third kappa shape index (κ3) is 8.45. The number of benzene rings is 10. The van der Waals surface area contributed by atoms with Crippen molar-refractivity contribution >= 4 is 54.8 Å². The van der Waals surface area contributed by atoms with Crippen LogP contribution in [0.5, 0.6) is 11.5 Å². The van der Waals surface area contributed by atoms with Gasteiger partial charge in [0, 0.05) is 33.8 Å². The van der Waals surface area contributed by atoms with Gasteiger partial charge in [-0.1, -0.05) is 202 Å². The van der Waals surface area contributed by atoms with Gasteiger partial charge >= 0.3 is 0 Å². The van der Waals surface area contributed by atoms with Crippen molar-refractivity contribution in [1.29, 1.82) is 0 Å². The first-order valence-corrected chi connectivity index (χ1v) is 29.2. The second kappa shape index (κ2) is 18.9. The number of pyridine rings is 1. The number of rotatable bonds is 6. The zero-order valence-electron chi connectivity index (χ0n) is 49.0. The summed E-state index contributed by atoms with van der Waals surface area (Å²) < 4.78 is 20.4. The number of furan rings is 1. The van der Waals surface area contributed by atoms with E-state index in [1.807, 2.05) is 18.3 Å². The van der Waals surface area contributed by atoms with Gasteiger partial charge in [-0.25, -0.2) is 4.98 Å². The Labute approximate surface area is 490 Å². The second-order valence-corrected chi connectivity index (χ2v) is 25.8. The van der Waals surface area contributed by atoms with E-state index in [4.69, 9.17) is 14.1 Å². The summed E-state index contributed by atoms with van der Waals surface area (Å²) in [5, 5.41) is 4.47. The third-order valence-corrected chi connectivity index (χ3v) is 17.2. The predicted octanol–water partition coefficient (Wildman–Crippen LogP) is 20.4. The van der Waals surface area contributed by atoms with Crippen LogP contribution in [-0.2, 0) is 16.2 Å². The van der Waals surface area contributed by atoms with Gasteiger partial charge < -0.3 is 9.15 Å². The lowest BCUT2D eigenvalue weighted by molar-refractivity contribution is -0.570. The standard InChI is InChI=1S/C78H64N4O2/c1-76(2,3)51-32-29-48(30-33-51)50-40-66-59-23-12-10-21-57(59)58-22-11-13-24-60(58)67-43-53(78(7,8)9)42-64(49-31-36-72-65(39-49)63-26-15-17-28-71(63)84-72)74(67)81-47-80(70(41-50)75(66)81)54-19-18-20-55(45-54)83-56-34-35-62-61-25-14-16-27-68(61)82(69(62)46-56)73-44-52(37-38-79-73)77(4,5)6/h10-46H,1-9H3. The molecule has 6 nitrogen and oxygen atoms in total. The van der Waals surface area contributed by atoms with Gasteiger partial charge in [-0.3, -0.25) is 13.7 Å². The summed E-state index contributed by atoms with van der Waals surface area (Å²) in [6, 6.07) is 79.6. The van der Waals surface area contributed by atoms with Crippen molar-refractivity contribution < 1.29 is 13.7 Å². The molecule has 0 N–H and O–H groups in total. The molecule has 4 aromatic heterocycles. The number of nitrogens with zero attached hydrogens (tertiary/aromatic N) is 4. The Morgan fingerprint density at radius 2 is 1.02 bits per heavy atom. The van der Waals surface area contributed by atoms with Gasteiger partial charge in [-0.2, -0.15) is 0 Å². The van der Waals surface area contributed by atoms with Crippen LogP contribution in [0.15, 0.2) is 229 Å². The molecule has 0 atom stereocenters. The molecule has 0 radical (unpaired) electrons. The molecule has 15 rings (SSSR count). The molecule has 0 spiro atoms. The van der Waals surface area contributed by atoms with Gasteiger partial charge in [0.15, 0.2) is 0 Å². The molecular formula is C78H64N4O2. The summed E-state index contributed by atoms with van der Waals surface area (Å²) in [5.41, 5.74) is 22.7. The molecule has 0 saturated carbocycles. The van der Waals surface area contributed by atoms with Gasteiger partial charge in [0.1, 0.15) is 28.5 Å². The van der Waals surface area contributed by atoms with Gasteiger partial charge in [0.25, 0.3) is 6.33 Å². The van der Waals surface area contributed by atoms with Crippen LogP contribution in [0.25, 0.3) is 128 Å². The van der Waals surface area contributed by atoms with E-state index in [1.165, 1.54) is 27.8 Å². The van der Waals surface area contributed by atoms with Crippen LogP contribution in [0, 0.1) is 6.33 Å². The molecule has 0 unspecified atom stereocenters. The average molecular weight is 1090 g/mol. The Morgan fingerprint density at radius 3 is 1.76 bits per heavy atom. The van der Waals surface area contributed by atoms with E-state index in [2.05, 4.69) is 289 Å². The first-order chi connectivity index (χ1) is 40.5. The third-order valence-electron chi connectivity index (χ3n) is 17.2. The highest BCUT2D eigenvalue weighted by atomic mass is 16.5. The SMILES string of the molecule is CC(C)(C)c1ccc(-c2cc3c4c(c2)n(-c2cccc(Oc5ccc6c7ccccc7n(-c7cc(C(C)(C)C)ccn7)c6c5)c2)[c-][n+]4-c2c(-c4ccc5oc6ccccc6c5c4)cc(C(C)(C)C)cc2-c2ccccc2-c2ccccc2-3)cc1. The number of para-hydroxylation sites is 2. The van der Waals surface area contributed by atoms with Crippen LogP contribution in [-0.4, -0.2) is 14.1 Å². The number of ether oxygens (including phenoxy) is 1. The smallest absolute Gasteiger partial charge is 0.269 e. The summed E-state index contributed by atoms with van der Waals surface area (Å²) in [4.78, 5) is 4.96. The topological polar surface area (TPSA) is 49.0 Å². The number of hydrogen-bond acceptors (Lipinski definition) is 3. The highest BCUT2D eigenvalue weighted by molar-refractivity contribution is 6.10.